The first-order valence-electron chi connectivity index (χ1n) is 4.28. The first-order valence-corrected chi connectivity index (χ1v) is 4.72. The molecule has 0 aliphatic heterocycles. The lowest BCUT2D eigenvalue weighted by molar-refractivity contribution is -0.121. The third-order valence-corrected chi connectivity index (χ3v) is 1.78. The molecule has 0 aromatic carbocycles. The van der Waals surface area contributed by atoms with E-state index in [0.29, 0.717) is 13.0 Å². The Hall–Kier alpha value is -0.240. The first kappa shape index (κ1) is 11.8. The van der Waals surface area contributed by atoms with Crippen molar-refractivity contribution in [2.24, 2.45) is 5.41 Å². The number of hydrogen-bond acceptors (Lipinski definition) is 1. The van der Waals surface area contributed by atoms with Gasteiger partial charge in [0.15, 0.2) is 0 Å². The number of rotatable bonds is 3. The molecule has 0 radical (unpaired) electrons. The summed E-state index contributed by atoms with van der Waals surface area (Å²) in [4.78, 5) is 11.2. The summed E-state index contributed by atoms with van der Waals surface area (Å²) in [5, 5.41) is 2.30. The molecule has 0 fully saturated rings. The Morgan fingerprint density at radius 2 is 2.00 bits per heavy atom. The van der Waals surface area contributed by atoms with Gasteiger partial charge in [-0.05, 0) is 18.8 Å². The zero-order valence-electron chi connectivity index (χ0n) is 8.28. The minimum Gasteiger partial charge on any atom is -0.355 e. The second-order valence-corrected chi connectivity index (χ2v) is 4.65. The van der Waals surface area contributed by atoms with Crippen molar-refractivity contribution in [3.8, 4) is 0 Å². The van der Waals surface area contributed by atoms with Crippen LogP contribution in [0.3, 0.4) is 0 Å². The number of carbonyl (C=O) groups excluding carboxylic acids is 1. The van der Waals surface area contributed by atoms with E-state index in [2.05, 4.69) is 26.1 Å². The van der Waals surface area contributed by atoms with Gasteiger partial charge in [-0.25, -0.2) is 0 Å². The molecule has 0 aliphatic carbocycles. The quantitative estimate of drug-likeness (QED) is 0.681. The highest BCUT2D eigenvalue weighted by Crippen LogP contribution is 2.23. The molecule has 0 spiro atoms. The molecule has 1 unspecified atom stereocenters. The summed E-state index contributed by atoms with van der Waals surface area (Å²) in [6, 6.07) is 0. The van der Waals surface area contributed by atoms with Crippen LogP contribution >= 0.6 is 11.6 Å². The lowest BCUT2D eigenvalue weighted by atomic mass is 9.90. The standard InChI is InChI=1S/C9H18ClNO/c1-5-11-8(12)7(10)6-9(2,3)4/h7H,5-6H2,1-4H3,(H,11,12). The Bertz CT molecular complexity index is 151. The normalized spacial score (nSPS) is 14.1. The Morgan fingerprint density at radius 3 is 2.33 bits per heavy atom. The summed E-state index contributed by atoms with van der Waals surface area (Å²) < 4.78 is 0. The van der Waals surface area contributed by atoms with Crippen molar-refractivity contribution in [2.75, 3.05) is 6.54 Å². The summed E-state index contributed by atoms with van der Waals surface area (Å²) in [5.74, 6) is -0.0610. The van der Waals surface area contributed by atoms with Gasteiger partial charge in [-0.2, -0.15) is 0 Å². The summed E-state index contributed by atoms with van der Waals surface area (Å²) in [5.41, 5.74) is 0.109. The van der Waals surface area contributed by atoms with Gasteiger partial charge in [-0.1, -0.05) is 20.8 Å². The van der Waals surface area contributed by atoms with Crippen molar-refractivity contribution >= 4 is 17.5 Å². The summed E-state index contributed by atoms with van der Waals surface area (Å²) in [6.45, 7) is 8.75. The largest absolute Gasteiger partial charge is 0.355 e. The first-order chi connectivity index (χ1) is 5.37. The number of hydrogen-bond donors (Lipinski definition) is 1. The third-order valence-electron chi connectivity index (χ3n) is 1.43. The van der Waals surface area contributed by atoms with Crippen molar-refractivity contribution < 1.29 is 4.79 Å². The summed E-state index contributed by atoms with van der Waals surface area (Å²) in [6.07, 6.45) is 0.709. The van der Waals surface area contributed by atoms with E-state index in [1.165, 1.54) is 0 Å². The molecule has 0 saturated carbocycles. The highest BCUT2D eigenvalue weighted by atomic mass is 35.5. The topological polar surface area (TPSA) is 29.1 Å². The van der Waals surface area contributed by atoms with Gasteiger partial charge in [0.05, 0.1) is 0 Å². The van der Waals surface area contributed by atoms with Crippen LogP contribution in [-0.2, 0) is 4.79 Å². The molecule has 0 aromatic rings. The van der Waals surface area contributed by atoms with Gasteiger partial charge < -0.3 is 5.32 Å². The highest BCUT2D eigenvalue weighted by molar-refractivity contribution is 6.30. The molecule has 1 amide bonds. The van der Waals surface area contributed by atoms with Gasteiger partial charge in [-0.15, -0.1) is 11.6 Å². The van der Waals surface area contributed by atoms with Crippen molar-refractivity contribution in [3.05, 3.63) is 0 Å². The fourth-order valence-electron chi connectivity index (χ4n) is 0.915. The van der Waals surface area contributed by atoms with Crippen LogP contribution in [0, 0.1) is 5.41 Å². The molecule has 0 rings (SSSR count). The van der Waals surface area contributed by atoms with Crippen LogP contribution in [-0.4, -0.2) is 17.8 Å². The van der Waals surface area contributed by atoms with Crippen LogP contribution in [0.1, 0.15) is 34.1 Å². The Labute approximate surface area is 79.7 Å². The van der Waals surface area contributed by atoms with Crippen molar-refractivity contribution in [3.63, 3.8) is 0 Å². The van der Waals surface area contributed by atoms with E-state index >= 15 is 0 Å². The van der Waals surface area contributed by atoms with Crippen LogP contribution in [0.5, 0.6) is 0 Å². The van der Waals surface area contributed by atoms with Crippen molar-refractivity contribution in [1.82, 2.24) is 5.32 Å². The minimum absolute atomic E-state index is 0.0610. The van der Waals surface area contributed by atoms with Crippen molar-refractivity contribution in [2.45, 2.75) is 39.5 Å². The Kier molecular flexibility index (Phi) is 4.61. The molecule has 3 heteroatoms. The number of nitrogens with one attached hydrogen (secondary N) is 1. The lowest BCUT2D eigenvalue weighted by Crippen LogP contribution is -2.33. The Balaban J connectivity index is 3.87. The molecular weight excluding hydrogens is 174 g/mol. The highest BCUT2D eigenvalue weighted by Gasteiger charge is 2.21. The maximum Gasteiger partial charge on any atom is 0.238 e. The van der Waals surface area contributed by atoms with E-state index in [1.807, 2.05) is 6.92 Å². The number of amides is 1. The van der Waals surface area contributed by atoms with Gasteiger partial charge in [0, 0.05) is 6.54 Å². The molecule has 12 heavy (non-hydrogen) atoms. The van der Waals surface area contributed by atoms with Gasteiger partial charge in [0.1, 0.15) is 5.38 Å². The molecule has 0 heterocycles. The molecule has 72 valence electrons. The minimum atomic E-state index is -0.398. The molecule has 0 saturated heterocycles. The molecule has 1 atom stereocenters. The fraction of sp³-hybridized carbons (Fsp3) is 0.889. The van der Waals surface area contributed by atoms with Gasteiger partial charge in [0.25, 0.3) is 0 Å². The van der Waals surface area contributed by atoms with Gasteiger partial charge in [-0.3, -0.25) is 4.79 Å². The molecule has 2 nitrogen and oxygen atoms in total. The number of alkyl halides is 1. The van der Waals surface area contributed by atoms with Crippen LogP contribution in [0.2, 0.25) is 0 Å². The van der Waals surface area contributed by atoms with Crippen LogP contribution < -0.4 is 5.32 Å². The van der Waals surface area contributed by atoms with Crippen molar-refractivity contribution in [1.29, 1.82) is 0 Å². The summed E-state index contributed by atoms with van der Waals surface area (Å²) in [7, 11) is 0. The maximum atomic E-state index is 11.2. The zero-order chi connectivity index (χ0) is 9.78. The van der Waals surface area contributed by atoms with Gasteiger partial charge >= 0.3 is 0 Å². The van der Waals surface area contributed by atoms with E-state index in [0.717, 1.165) is 0 Å². The van der Waals surface area contributed by atoms with Gasteiger partial charge in [0.2, 0.25) is 5.91 Å². The van der Waals surface area contributed by atoms with E-state index in [1.54, 1.807) is 0 Å². The molecular formula is C9H18ClNO. The summed E-state index contributed by atoms with van der Waals surface area (Å²) >= 11 is 5.88. The fourth-order valence-corrected chi connectivity index (χ4v) is 1.46. The van der Waals surface area contributed by atoms with E-state index < -0.39 is 5.38 Å². The van der Waals surface area contributed by atoms with Crippen LogP contribution in [0.25, 0.3) is 0 Å². The average molecular weight is 192 g/mol. The second-order valence-electron chi connectivity index (χ2n) is 4.13. The molecule has 0 bridgehead atoms. The van der Waals surface area contributed by atoms with Crippen LogP contribution in [0.15, 0.2) is 0 Å². The number of carbonyl (C=O) groups is 1. The van der Waals surface area contributed by atoms with E-state index in [4.69, 9.17) is 11.6 Å². The SMILES string of the molecule is CCNC(=O)C(Cl)CC(C)(C)C. The molecule has 0 aromatic heterocycles. The van der Waals surface area contributed by atoms with E-state index in [9.17, 15) is 4.79 Å². The smallest absolute Gasteiger partial charge is 0.238 e. The third kappa shape index (κ3) is 5.42. The maximum absolute atomic E-state index is 11.2. The Morgan fingerprint density at radius 1 is 1.50 bits per heavy atom. The number of halogens is 1. The molecule has 1 N–H and O–H groups in total. The predicted molar refractivity (Wildman–Crippen MR) is 52.4 cm³/mol. The average Bonchev–Trinajstić information content (AvgIpc) is 1.84. The van der Waals surface area contributed by atoms with Crippen LogP contribution in [0.4, 0.5) is 0 Å². The lowest BCUT2D eigenvalue weighted by Gasteiger charge is -2.20. The van der Waals surface area contributed by atoms with E-state index in [-0.39, 0.29) is 11.3 Å². The zero-order valence-corrected chi connectivity index (χ0v) is 9.03. The molecule has 0 aliphatic rings. The predicted octanol–water partition coefficient (Wildman–Crippen LogP) is 2.17. The monoisotopic (exact) mass is 191 g/mol. The second kappa shape index (κ2) is 4.70.